The Labute approximate surface area is 159 Å². The van der Waals surface area contributed by atoms with Crippen molar-refractivity contribution in [2.45, 2.75) is 19.9 Å². The number of fused-ring (bicyclic) bond motifs is 1. The van der Waals surface area contributed by atoms with E-state index < -0.39 is 0 Å². The first-order valence-electron chi connectivity index (χ1n) is 8.82. The van der Waals surface area contributed by atoms with Gasteiger partial charge in [0.15, 0.2) is 17.3 Å². The van der Waals surface area contributed by atoms with Crippen LogP contribution in [-0.4, -0.2) is 36.0 Å². The van der Waals surface area contributed by atoms with Gasteiger partial charge in [-0.15, -0.1) is 0 Å². The molecule has 2 aliphatic heterocycles. The summed E-state index contributed by atoms with van der Waals surface area (Å²) < 4.78 is 10.9. The summed E-state index contributed by atoms with van der Waals surface area (Å²) in [4.78, 5) is 8.97. The molecule has 0 saturated heterocycles. The summed E-state index contributed by atoms with van der Waals surface area (Å²) in [5.74, 6) is 2.34. The molecule has 1 unspecified atom stereocenters. The van der Waals surface area contributed by atoms with E-state index in [2.05, 4.69) is 34.2 Å². The number of hydrogen-bond acceptors (Lipinski definition) is 6. The standard InChI is InChI=1S/C21H22N4O2/c1-14-9-12-24-21(23-14)20(15(2)25(24)17-7-10-22-11-8-17)16-5-6-18(26-3)19(13-16)27-4/h5-13,15H,1-4H3. The van der Waals surface area contributed by atoms with Crippen LogP contribution >= 0.6 is 0 Å². The topological polar surface area (TPSA) is 50.2 Å². The lowest BCUT2D eigenvalue weighted by Gasteiger charge is -2.34. The van der Waals surface area contributed by atoms with Crippen molar-refractivity contribution in [1.82, 2.24) is 9.99 Å². The van der Waals surface area contributed by atoms with Gasteiger partial charge in [0.05, 0.1) is 25.9 Å². The second kappa shape index (κ2) is 6.79. The average Bonchev–Trinajstić information content (AvgIpc) is 2.99. The van der Waals surface area contributed by atoms with Crippen LogP contribution < -0.4 is 14.5 Å². The lowest BCUT2D eigenvalue weighted by Crippen LogP contribution is -2.39. The third-order valence-electron chi connectivity index (χ3n) is 4.84. The van der Waals surface area contributed by atoms with Gasteiger partial charge in [0, 0.05) is 29.9 Å². The Hall–Kier alpha value is -3.28. The van der Waals surface area contributed by atoms with E-state index in [0.717, 1.165) is 28.4 Å². The highest BCUT2D eigenvalue weighted by molar-refractivity contribution is 5.96. The minimum atomic E-state index is 0.0831. The summed E-state index contributed by atoms with van der Waals surface area (Å²) in [7, 11) is 3.29. The molecule has 0 aliphatic carbocycles. The smallest absolute Gasteiger partial charge is 0.161 e. The average molecular weight is 362 g/mol. The number of methoxy groups -OCH3 is 2. The molecule has 4 rings (SSSR count). The van der Waals surface area contributed by atoms with Crippen molar-refractivity contribution in [3.8, 4) is 11.5 Å². The molecule has 27 heavy (non-hydrogen) atoms. The fourth-order valence-electron chi connectivity index (χ4n) is 3.58. The van der Waals surface area contributed by atoms with Crippen LogP contribution in [0.4, 0.5) is 5.69 Å². The number of hydrazine groups is 1. The molecule has 2 aromatic rings. The van der Waals surface area contributed by atoms with E-state index in [4.69, 9.17) is 14.5 Å². The van der Waals surface area contributed by atoms with Gasteiger partial charge in [-0.05, 0) is 49.8 Å². The number of aromatic nitrogens is 1. The lowest BCUT2D eigenvalue weighted by atomic mass is 9.99. The number of rotatable bonds is 4. The maximum atomic E-state index is 5.51. The first-order chi connectivity index (χ1) is 13.1. The predicted octanol–water partition coefficient (Wildman–Crippen LogP) is 3.88. The number of nitrogens with zero attached hydrogens (tertiary/aromatic N) is 4. The highest BCUT2D eigenvalue weighted by Crippen LogP contribution is 2.42. The Morgan fingerprint density at radius 2 is 1.74 bits per heavy atom. The van der Waals surface area contributed by atoms with Gasteiger partial charge in [-0.25, -0.2) is 10.0 Å². The maximum absolute atomic E-state index is 5.51. The number of pyridine rings is 1. The van der Waals surface area contributed by atoms with E-state index in [9.17, 15) is 0 Å². The zero-order chi connectivity index (χ0) is 19.0. The molecule has 138 valence electrons. The molecule has 0 spiro atoms. The van der Waals surface area contributed by atoms with E-state index in [1.54, 1.807) is 26.6 Å². The van der Waals surface area contributed by atoms with Gasteiger partial charge in [0.1, 0.15) is 0 Å². The van der Waals surface area contributed by atoms with Crippen molar-refractivity contribution in [2.75, 3.05) is 19.2 Å². The molecular formula is C21H22N4O2. The monoisotopic (exact) mass is 362 g/mol. The molecule has 0 amide bonds. The summed E-state index contributed by atoms with van der Waals surface area (Å²) >= 11 is 0. The van der Waals surface area contributed by atoms with E-state index >= 15 is 0 Å². The Morgan fingerprint density at radius 3 is 2.44 bits per heavy atom. The third kappa shape index (κ3) is 2.83. The maximum Gasteiger partial charge on any atom is 0.161 e. The van der Waals surface area contributed by atoms with Crippen molar-refractivity contribution in [3.63, 3.8) is 0 Å². The summed E-state index contributed by atoms with van der Waals surface area (Å²) in [5.41, 5.74) is 4.23. The first-order valence-corrected chi connectivity index (χ1v) is 8.82. The molecular weight excluding hydrogens is 340 g/mol. The van der Waals surface area contributed by atoms with Gasteiger partial charge in [-0.3, -0.25) is 9.99 Å². The van der Waals surface area contributed by atoms with Gasteiger partial charge in [0.2, 0.25) is 0 Å². The molecule has 0 saturated carbocycles. The van der Waals surface area contributed by atoms with Gasteiger partial charge in [0.25, 0.3) is 0 Å². The number of hydrogen-bond donors (Lipinski definition) is 0. The van der Waals surface area contributed by atoms with Crippen molar-refractivity contribution in [3.05, 3.63) is 66.4 Å². The minimum Gasteiger partial charge on any atom is -0.493 e. The number of aliphatic imine (C=N–C) groups is 1. The molecule has 1 aromatic heterocycles. The summed E-state index contributed by atoms with van der Waals surface area (Å²) in [5, 5.41) is 4.31. The van der Waals surface area contributed by atoms with Gasteiger partial charge < -0.3 is 9.47 Å². The Kier molecular flexibility index (Phi) is 4.32. The molecule has 6 nitrogen and oxygen atoms in total. The van der Waals surface area contributed by atoms with Crippen LogP contribution in [0.2, 0.25) is 0 Å². The molecule has 2 aliphatic rings. The molecule has 0 bridgehead atoms. The predicted molar refractivity (Wildman–Crippen MR) is 107 cm³/mol. The second-order valence-corrected chi connectivity index (χ2v) is 6.45. The quantitative estimate of drug-likeness (QED) is 0.826. The van der Waals surface area contributed by atoms with Crippen molar-refractivity contribution >= 4 is 17.0 Å². The second-order valence-electron chi connectivity index (χ2n) is 6.45. The van der Waals surface area contributed by atoms with Crippen LogP contribution in [0.25, 0.3) is 5.57 Å². The van der Waals surface area contributed by atoms with Crippen molar-refractivity contribution in [2.24, 2.45) is 4.99 Å². The van der Waals surface area contributed by atoms with Crippen molar-refractivity contribution < 1.29 is 9.47 Å². The number of allylic oxidation sites excluding steroid dienone is 1. The minimum absolute atomic E-state index is 0.0831. The normalized spacial score (nSPS) is 18.5. The largest absolute Gasteiger partial charge is 0.493 e. The van der Waals surface area contributed by atoms with Gasteiger partial charge in [-0.2, -0.15) is 0 Å². The summed E-state index contributed by atoms with van der Waals surface area (Å²) in [6.07, 6.45) is 7.68. The molecule has 0 radical (unpaired) electrons. The molecule has 0 fully saturated rings. The highest BCUT2D eigenvalue weighted by Gasteiger charge is 2.37. The zero-order valence-corrected chi connectivity index (χ0v) is 15.9. The zero-order valence-electron chi connectivity index (χ0n) is 15.9. The van der Waals surface area contributed by atoms with Crippen LogP contribution in [0.15, 0.2) is 65.8 Å². The molecule has 1 atom stereocenters. The van der Waals surface area contributed by atoms with Crippen LogP contribution in [0.5, 0.6) is 11.5 Å². The number of anilines is 1. The molecule has 1 aromatic carbocycles. The Bertz CT molecular complexity index is 950. The number of ether oxygens (including phenoxy) is 2. The lowest BCUT2D eigenvalue weighted by molar-refractivity contribution is 0.355. The van der Waals surface area contributed by atoms with E-state index in [1.165, 1.54) is 0 Å². The van der Waals surface area contributed by atoms with Crippen LogP contribution in [0.1, 0.15) is 19.4 Å². The fourth-order valence-corrected chi connectivity index (χ4v) is 3.58. The molecule has 3 heterocycles. The summed E-state index contributed by atoms with van der Waals surface area (Å²) in [6, 6.07) is 10.1. The highest BCUT2D eigenvalue weighted by atomic mass is 16.5. The molecule has 0 N–H and O–H groups in total. The number of benzene rings is 1. The Morgan fingerprint density at radius 1 is 1.00 bits per heavy atom. The van der Waals surface area contributed by atoms with E-state index in [1.807, 2.05) is 37.3 Å². The molecule has 6 heteroatoms. The fraction of sp³-hybridized carbons (Fsp3) is 0.238. The van der Waals surface area contributed by atoms with Gasteiger partial charge >= 0.3 is 0 Å². The van der Waals surface area contributed by atoms with Gasteiger partial charge in [-0.1, -0.05) is 6.07 Å². The SMILES string of the molecule is COc1ccc(C2=C3N=C(C)C=CN3N(c3ccncc3)C2C)cc1OC. The van der Waals surface area contributed by atoms with Crippen LogP contribution in [0, 0.1) is 0 Å². The van der Waals surface area contributed by atoms with Crippen LogP contribution in [-0.2, 0) is 0 Å². The van der Waals surface area contributed by atoms with E-state index in [-0.39, 0.29) is 6.04 Å². The van der Waals surface area contributed by atoms with E-state index in [0.29, 0.717) is 11.5 Å². The first kappa shape index (κ1) is 17.1. The third-order valence-corrected chi connectivity index (χ3v) is 4.84. The van der Waals surface area contributed by atoms with Crippen LogP contribution in [0.3, 0.4) is 0 Å². The Balaban J connectivity index is 1.85. The summed E-state index contributed by atoms with van der Waals surface area (Å²) in [6.45, 7) is 4.18. The van der Waals surface area contributed by atoms with Crippen molar-refractivity contribution in [1.29, 1.82) is 0 Å².